The lowest BCUT2D eigenvalue weighted by atomic mass is 10.1. The smallest absolute Gasteiger partial charge is 0.225 e. The van der Waals surface area contributed by atoms with Crippen molar-refractivity contribution in [1.29, 1.82) is 0 Å². The highest BCUT2D eigenvalue weighted by Gasteiger charge is 2.28. The molecule has 1 heterocycles. The number of rotatable bonds is 1. The molecular weight excluding hydrogens is 160 g/mol. The minimum Gasteiger partial charge on any atom is -0.369 e. The molecule has 2 rings (SSSR count). The molecule has 0 saturated heterocycles. The number of fused-ring (bicyclic) bond motifs is 1. The summed E-state index contributed by atoms with van der Waals surface area (Å²) >= 11 is 1.54. The van der Waals surface area contributed by atoms with Gasteiger partial charge in [-0.15, -0.1) is 11.3 Å². The predicted molar refractivity (Wildman–Crippen MR) is 42.4 cm³/mol. The second-order valence-corrected chi connectivity index (χ2v) is 3.54. The fourth-order valence-electron chi connectivity index (χ4n) is 1.43. The Balaban J connectivity index is 2.38. The van der Waals surface area contributed by atoms with Crippen LogP contribution in [0, 0.1) is 0 Å². The Hall–Kier alpha value is -0.900. The molecule has 1 aromatic rings. The van der Waals surface area contributed by atoms with Gasteiger partial charge in [-0.3, -0.25) is 4.79 Å². The van der Waals surface area contributed by atoms with Crippen molar-refractivity contribution in [3.05, 3.63) is 16.1 Å². The maximum atomic E-state index is 10.9. The summed E-state index contributed by atoms with van der Waals surface area (Å²) in [7, 11) is 0. The number of thiazole rings is 1. The van der Waals surface area contributed by atoms with Gasteiger partial charge in [-0.1, -0.05) is 0 Å². The van der Waals surface area contributed by atoms with Gasteiger partial charge in [0.05, 0.1) is 17.1 Å². The first-order valence-electron chi connectivity index (χ1n) is 3.50. The number of hydrogen-bond acceptors (Lipinski definition) is 3. The summed E-state index contributed by atoms with van der Waals surface area (Å²) in [5.74, 6) is -0.273. The number of nitrogens with zero attached hydrogens (tertiary/aromatic N) is 1. The van der Waals surface area contributed by atoms with Gasteiger partial charge >= 0.3 is 0 Å². The summed E-state index contributed by atoms with van der Waals surface area (Å²) in [4.78, 5) is 16.1. The molecule has 0 fully saturated rings. The monoisotopic (exact) mass is 168 g/mol. The molecule has 0 saturated carbocycles. The molecule has 1 aliphatic rings. The quantitative estimate of drug-likeness (QED) is 0.669. The van der Waals surface area contributed by atoms with Crippen LogP contribution in [0.15, 0.2) is 5.51 Å². The lowest BCUT2D eigenvalue weighted by molar-refractivity contribution is -0.119. The van der Waals surface area contributed by atoms with Crippen LogP contribution < -0.4 is 5.73 Å². The minimum absolute atomic E-state index is 0.0579. The Morgan fingerprint density at radius 3 is 3.36 bits per heavy atom. The van der Waals surface area contributed by atoms with Crippen molar-refractivity contribution >= 4 is 17.2 Å². The molecule has 0 spiro atoms. The van der Waals surface area contributed by atoms with E-state index in [2.05, 4.69) is 4.98 Å². The maximum Gasteiger partial charge on any atom is 0.225 e. The minimum atomic E-state index is -0.215. The maximum absolute atomic E-state index is 10.9. The van der Waals surface area contributed by atoms with Crippen LogP contribution in [0.5, 0.6) is 0 Å². The van der Waals surface area contributed by atoms with Crippen molar-refractivity contribution in [3.63, 3.8) is 0 Å². The lowest BCUT2D eigenvalue weighted by Gasteiger charge is -2.00. The number of primary amides is 1. The summed E-state index contributed by atoms with van der Waals surface area (Å²) in [5, 5.41) is 0. The Morgan fingerprint density at radius 1 is 1.82 bits per heavy atom. The Morgan fingerprint density at radius 2 is 2.64 bits per heavy atom. The van der Waals surface area contributed by atoms with Crippen LogP contribution in [-0.4, -0.2) is 10.9 Å². The number of nitrogens with two attached hydrogens (primary N) is 1. The number of aryl methyl sites for hydroxylation is 1. The topological polar surface area (TPSA) is 56.0 Å². The number of carbonyl (C=O) groups is 1. The van der Waals surface area contributed by atoms with Crippen molar-refractivity contribution in [2.45, 2.75) is 18.8 Å². The summed E-state index contributed by atoms with van der Waals surface area (Å²) in [5.41, 5.74) is 8.06. The van der Waals surface area contributed by atoms with Gasteiger partial charge in [0.2, 0.25) is 5.91 Å². The molecule has 2 N–H and O–H groups in total. The Labute approximate surface area is 68.2 Å². The zero-order valence-electron chi connectivity index (χ0n) is 5.91. The van der Waals surface area contributed by atoms with Crippen molar-refractivity contribution in [2.24, 2.45) is 5.73 Å². The van der Waals surface area contributed by atoms with E-state index < -0.39 is 0 Å². The molecule has 0 bridgehead atoms. The molecule has 1 atom stereocenters. The van der Waals surface area contributed by atoms with Gasteiger partial charge in [0.15, 0.2) is 0 Å². The van der Waals surface area contributed by atoms with E-state index in [9.17, 15) is 4.79 Å². The summed E-state index contributed by atoms with van der Waals surface area (Å²) in [6.45, 7) is 0. The van der Waals surface area contributed by atoms with E-state index in [0.29, 0.717) is 0 Å². The van der Waals surface area contributed by atoms with E-state index in [1.807, 2.05) is 0 Å². The number of amides is 1. The second-order valence-electron chi connectivity index (χ2n) is 2.66. The van der Waals surface area contributed by atoms with Gasteiger partial charge in [-0.2, -0.15) is 0 Å². The van der Waals surface area contributed by atoms with Gasteiger partial charge < -0.3 is 5.73 Å². The van der Waals surface area contributed by atoms with Gasteiger partial charge in [0, 0.05) is 4.88 Å². The highest BCUT2D eigenvalue weighted by atomic mass is 32.1. The molecule has 0 aromatic carbocycles. The number of hydrogen-bond donors (Lipinski definition) is 1. The third kappa shape index (κ3) is 0.939. The molecule has 3 nitrogen and oxygen atoms in total. The van der Waals surface area contributed by atoms with Gasteiger partial charge in [0.1, 0.15) is 0 Å². The molecular formula is C7H8N2OS. The normalized spacial score (nSPS) is 21.6. The fraction of sp³-hybridized carbons (Fsp3) is 0.429. The van der Waals surface area contributed by atoms with E-state index in [0.717, 1.165) is 23.4 Å². The van der Waals surface area contributed by atoms with E-state index >= 15 is 0 Å². The summed E-state index contributed by atoms with van der Waals surface area (Å²) in [6, 6.07) is 0. The third-order valence-electron chi connectivity index (χ3n) is 2.00. The molecule has 0 radical (unpaired) electrons. The van der Waals surface area contributed by atoms with Crippen LogP contribution in [0.3, 0.4) is 0 Å². The van der Waals surface area contributed by atoms with Crippen LogP contribution >= 0.6 is 11.3 Å². The Bertz CT molecular complexity index is 294. The Kier molecular flexibility index (Phi) is 1.42. The first-order chi connectivity index (χ1) is 5.29. The molecule has 11 heavy (non-hydrogen) atoms. The molecule has 1 aromatic heterocycles. The molecule has 0 aliphatic heterocycles. The molecule has 4 heteroatoms. The van der Waals surface area contributed by atoms with E-state index in [4.69, 9.17) is 5.73 Å². The first-order valence-corrected chi connectivity index (χ1v) is 4.38. The average molecular weight is 168 g/mol. The molecule has 58 valence electrons. The van der Waals surface area contributed by atoms with Crippen molar-refractivity contribution < 1.29 is 4.79 Å². The highest BCUT2D eigenvalue weighted by molar-refractivity contribution is 7.10. The summed E-state index contributed by atoms with van der Waals surface area (Å²) < 4.78 is 0. The van der Waals surface area contributed by atoms with Crippen molar-refractivity contribution in [1.82, 2.24) is 4.98 Å². The second kappa shape index (κ2) is 2.30. The third-order valence-corrected chi connectivity index (χ3v) is 2.99. The SMILES string of the molecule is NC(=O)C1CCc2ncsc21. The van der Waals surface area contributed by atoms with Crippen molar-refractivity contribution in [3.8, 4) is 0 Å². The lowest BCUT2D eigenvalue weighted by Crippen LogP contribution is -2.18. The first kappa shape index (κ1) is 6.79. The van der Waals surface area contributed by atoms with Crippen LogP contribution in [0.4, 0.5) is 0 Å². The fourth-order valence-corrected chi connectivity index (χ4v) is 2.42. The molecule has 1 aliphatic carbocycles. The van der Waals surface area contributed by atoms with E-state index in [1.54, 1.807) is 5.51 Å². The van der Waals surface area contributed by atoms with Gasteiger partial charge in [0.25, 0.3) is 0 Å². The molecule has 1 unspecified atom stereocenters. The van der Waals surface area contributed by atoms with Crippen LogP contribution in [0.1, 0.15) is 22.9 Å². The number of aromatic nitrogens is 1. The summed E-state index contributed by atoms with van der Waals surface area (Å²) in [6.07, 6.45) is 1.76. The van der Waals surface area contributed by atoms with Gasteiger partial charge in [-0.25, -0.2) is 4.98 Å². The van der Waals surface area contributed by atoms with E-state index in [-0.39, 0.29) is 11.8 Å². The van der Waals surface area contributed by atoms with Crippen molar-refractivity contribution in [2.75, 3.05) is 0 Å². The van der Waals surface area contributed by atoms with Crippen LogP contribution in [0.25, 0.3) is 0 Å². The predicted octanol–water partition coefficient (Wildman–Crippen LogP) is 0.658. The van der Waals surface area contributed by atoms with Gasteiger partial charge in [-0.05, 0) is 12.8 Å². The molecule has 1 amide bonds. The highest BCUT2D eigenvalue weighted by Crippen LogP contribution is 2.34. The zero-order chi connectivity index (χ0) is 7.84. The number of carbonyl (C=O) groups excluding carboxylic acids is 1. The van der Waals surface area contributed by atoms with E-state index in [1.165, 1.54) is 11.3 Å². The largest absolute Gasteiger partial charge is 0.369 e. The zero-order valence-corrected chi connectivity index (χ0v) is 6.73. The standard InChI is InChI=1S/C7H8N2OS/c8-7(10)4-1-2-5-6(4)11-3-9-5/h3-4H,1-2H2,(H2,8,10). The van der Waals surface area contributed by atoms with Crippen LogP contribution in [0.2, 0.25) is 0 Å². The average Bonchev–Trinajstić information content (AvgIpc) is 2.41. The van der Waals surface area contributed by atoms with Crippen LogP contribution in [-0.2, 0) is 11.2 Å².